The number of rotatable bonds is 1. The standard InChI is InChI=1S/C21H36O2/c1-17(14-22)8-5-9-19(3)15(17)7-11-21-12-18(2,10-6-16(19)21)20(4,23)13-21/h15-16,22-23H,5-14H2,1-4H3/t15-,16+,17?,18+,19-,20-,21+/m0/s1. The molecule has 1 unspecified atom stereocenters. The minimum absolute atomic E-state index is 0.122. The van der Waals surface area contributed by atoms with E-state index in [2.05, 4.69) is 27.7 Å². The van der Waals surface area contributed by atoms with E-state index >= 15 is 0 Å². The molecule has 7 atom stereocenters. The van der Waals surface area contributed by atoms with Crippen molar-refractivity contribution in [3.63, 3.8) is 0 Å². The molecular formula is C21H36O2. The number of aliphatic hydroxyl groups excluding tert-OH is 1. The van der Waals surface area contributed by atoms with E-state index in [0.29, 0.717) is 23.4 Å². The van der Waals surface area contributed by atoms with E-state index in [4.69, 9.17) is 0 Å². The van der Waals surface area contributed by atoms with Gasteiger partial charge in [-0.2, -0.15) is 0 Å². The topological polar surface area (TPSA) is 40.5 Å². The van der Waals surface area contributed by atoms with Crippen molar-refractivity contribution in [3.8, 4) is 0 Å². The summed E-state index contributed by atoms with van der Waals surface area (Å²) in [6.07, 6.45) is 11.1. The van der Waals surface area contributed by atoms with E-state index < -0.39 is 5.60 Å². The van der Waals surface area contributed by atoms with Crippen LogP contribution in [0.1, 0.15) is 85.5 Å². The lowest BCUT2D eigenvalue weighted by molar-refractivity contribution is -0.163. The predicted molar refractivity (Wildman–Crippen MR) is 93.0 cm³/mol. The van der Waals surface area contributed by atoms with Crippen molar-refractivity contribution in [1.82, 2.24) is 0 Å². The van der Waals surface area contributed by atoms with Crippen LogP contribution in [0.15, 0.2) is 0 Å². The van der Waals surface area contributed by atoms with Crippen LogP contribution in [0.2, 0.25) is 0 Å². The highest BCUT2D eigenvalue weighted by atomic mass is 16.3. The van der Waals surface area contributed by atoms with E-state index in [9.17, 15) is 10.2 Å². The maximum atomic E-state index is 11.1. The fraction of sp³-hybridized carbons (Fsp3) is 1.00. The monoisotopic (exact) mass is 320 g/mol. The molecule has 0 radical (unpaired) electrons. The average molecular weight is 321 g/mol. The van der Waals surface area contributed by atoms with Crippen LogP contribution >= 0.6 is 0 Å². The van der Waals surface area contributed by atoms with Gasteiger partial charge >= 0.3 is 0 Å². The van der Waals surface area contributed by atoms with E-state index in [1.54, 1.807) is 0 Å². The van der Waals surface area contributed by atoms with Crippen molar-refractivity contribution in [3.05, 3.63) is 0 Å². The second kappa shape index (κ2) is 4.55. The van der Waals surface area contributed by atoms with Gasteiger partial charge in [0.15, 0.2) is 0 Å². The molecule has 2 bridgehead atoms. The zero-order valence-electron chi connectivity index (χ0n) is 15.6. The summed E-state index contributed by atoms with van der Waals surface area (Å²) in [7, 11) is 0. The fourth-order valence-corrected chi connectivity index (χ4v) is 8.42. The van der Waals surface area contributed by atoms with Gasteiger partial charge in [-0.1, -0.05) is 27.2 Å². The van der Waals surface area contributed by atoms with Crippen molar-refractivity contribution >= 4 is 0 Å². The largest absolute Gasteiger partial charge is 0.396 e. The van der Waals surface area contributed by atoms with Crippen molar-refractivity contribution in [1.29, 1.82) is 0 Å². The Balaban J connectivity index is 1.74. The van der Waals surface area contributed by atoms with Crippen LogP contribution in [0.3, 0.4) is 0 Å². The molecule has 0 aromatic rings. The molecule has 2 nitrogen and oxygen atoms in total. The van der Waals surface area contributed by atoms with Gasteiger partial charge in [-0.05, 0) is 91.8 Å². The molecule has 23 heavy (non-hydrogen) atoms. The molecule has 132 valence electrons. The van der Waals surface area contributed by atoms with Crippen LogP contribution in [0.25, 0.3) is 0 Å². The molecule has 4 aliphatic rings. The summed E-state index contributed by atoms with van der Waals surface area (Å²) in [6.45, 7) is 9.68. The summed E-state index contributed by atoms with van der Waals surface area (Å²) in [5.41, 5.74) is 0.503. The minimum atomic E-state index is -0.486. The Hall–Kier alpha value is -0.0800. The Bertz CT molecular complexity index is 510. The first kappa shape index (κ1) is 16.4. The van der Waals surface area contributed by atoms with Gasteiger partial charge in [0, 0.05) is 6.61 Å². The summed E-state index contributed by atoms with van der Waals surface area (Å²) < 4.78 is 0. The molecule has 4 rings (SSSR count). The van der Waals surface area contributed by atoms with Gasteiger partial charge in [0.05, 0.1) is 5.60 Å². The van der Waals surface area contributed by atoms with Crippen LogP contribution in [-0.4, -0.2) is 22.4 Å². The maximum absolute atomic E-state index is 11.1. The predicted octanol–water partition coefficient (Wildman–Crippen LogP) is 4.53. The molecule has 1 spiro atoms. The number of hydrogen-bond acceptors (Lipinski definition) is 2. The zero-order valence-corrected chi connectivity index (χ0v) is 15.6. The Morgan fingerprint density at radius 1 is 0.870 bits per heavy atom. The van der Waals surface area contributed by atoms with Crippen molar-refractivity contribution < 1.29 is 10.2 Å². The van der Waals surface area contributed by atoms with Crippen LogP contribution < -0.4 is 0 Å². The van der Waals surface area contributed by atoms with Gasteiger partial charge in [-0.3, -0.25) is 0 Å². The summed E-state index contributed by atoms with van der Waals surface area (Å²) in [5.74, 6) is 1.42. The third-order valence-electron chi connectivity index (χ3n) is 9.65. The molecule has 0 heterocycles. The molecule has 2 N–H and O–H groups in total. The highest BCUT2D eigenvalue weighted by Crippen LogP contribution is 2.75. The second-order valence-corrected chi connectivity index (χ2v) is 10.9. The lowest BCUT2D eigenvalue weighted by atomic mass is 9.40. The number of fused-ring (bicyclic) bond motifs is 3. The summed E-state index contributed by atoms with van der Waals surface area (Å²) >= 11 is 0. The van der Waals surface area contributed by atoms with E-state index in [0.717, 1.165) is 12.3 Å². The highest BCUT2D eigenvalue weighted by Gasteiger charge is 2.69. The average Bonchev–Trinajstić information content (AvgIpc) is 2.59. The van der Waals surface area contributed by atoms with Crippen LogP contribution in [0.4, 0.5) is 0 Å². The SMILES string of the molecule is CC1(CO)CCC[C@@]2(C)[C@H]1CC[C@]13C[C@@](C)(CC[C@@H]12)[C@@](C)(O)C3. The molecule has 2 heteroatoms. The lowest BCUT2D eigenvalue weighted by Gasteiger charge is -2.64. The molecule has 0 aromatic carbocycles. The van der Waals surface area contributed by atoms with Gasteiger partial charge in [0.1, 0.15) is 0 Å². The summed E-state index contributed by atoms with van der Waals surface area (Å²) in [4.78, 5) is 0. The van der Waals surface area contributed by atoms with E-state index in [-0.39, 0.29) is 10.8 Å². The molecule has 4 aliphatic carbocycles. The molecule has 0 aliphatic heterocycles. The van der Waals surface area contributed by atoms with E-state index in [1.165, 1.54) is 51.4 Å². The van der Waals surface area contributed by atoms with Gasteiger partial charge in [0.2, 0.25) is 0 Å². The fourth-order valence-electron chi connectivity index (χ4n) is 8.42. The van der Waals surface area contributed by atoms with Crippen LogP contribution in [0, 0.1) is 33.5 Å². The molecule has 4 saturated carbocycles. The third kappa shape index (κ3) is 1.89. The second-order valence-electron chi connectivity index (χ2n) is 10.9. The van der Waals surface area contributed by atoms with Gasteiger partial charge in [-0.25, -0.2) is 0 Å². The first-order valence-electron chi connectivity index (χ1n) is 9.94. The normalized spacial score (nSPS) is 61.8. The van der Waals surface area contributed by atoms with E-state index in [1.807, 2.05) is 0 Å². The van der Waals surface area contributed by atoms with Crippen molar-refractivity contribution in [2.75, 3.05) is 6.61 Å². The van der Waals surface area contributed by atoms with Gasteiger partial charge in [0.25, 0.3) is 0 Å². The van der Waals surface area contributed by atoms with Gasteiger partial charge < -0.3 is 10.2 Å². The summed E-state index contributed by atoms with van der Waals surface area (Å²) in [5, 5.41) is 21.3. The zero-order chi connectivity index (χ0) is 16.7. The first-order chi connectivity index (χ1) is 10.6. The maximum Gasteiger partial charge on any atom is 0.0678 e. The Morgan fingerprint density at radius 2 is 1.57 bits per heavy atom. The Labute approximate surface area is 142 Å². The number of aliphatic hydroxyl groups is 2. The highest BCUT2D eigenvalue weighted by molar-refractivity contribution is 5.19. The molecular weight excluding hydrogens is 284 g/mol. The number of hydrogen-bond donors (Lipinski definition) is 2. The third-order valence-corrected chi connectivity index (χ3v) is 9.65. The molecule has 0 amide bonds. The van der Waals surface area contributed by atoms with Crippen molar-refractivity contribution in [2.24, 2.45) is 33.5 Å². The molecule has 0 saturated heterocycles. The Morgan fingerprint density at radius 3 is 2.26 bits per heavy atom. The Kier molecular flexibility index (Phi) is 3.24. The minimum Gasteiger partial charge on any atom is -0.396 e. The van der Waals surface area contributed by atoms with Crippen LogP contribution in [-0.2, 0) is 0 Å². The summed E-state index contributed by atoms with van der Waals surface area (Å²) in [6, 6.07) is 0. The van der Waals surface area contributed by atoms with Crippen molar-refractivity contribution in [2.45, 2.75) is 91.1 Å². The molecule has 4 fully saturated rings. The lowest BCUT2D eigenvalue weighted by Crippen LogP contribution is -2.57. The quantitative estimate of drug-likeness (QED) is 0.745. The van der Waals surface area contributed by atoms with Crippen LogP contribution in [0.5, 0.6) is 0 Å². The van der Waals surface area contributed by atoms with Gasteiger partial charge in [-0.15, -0.1) is 0 Å². The molecule has 0 aromatic heterocycles. The smallest absolute Gasteiger partial charge is 0.0678 e. The first-order valence-corrected chi connectivity index (χ1v) is 9.94.